The van der Waals surface area contributed by atoms with Crippen LogP contribution in [0.3, 0.4) is 0 Å². The van der Waals surface area contributed by atoms with Gasteiger partial charge in [-0.05, 0) is 24.3 Å². The summed E-state index contributed by atoms with van der Waals surface area (Å²) in [6.07, 6.45) is 0. The van der Waals surface area contributed by atoms with E-state index in [0.717, 1.165) is 0 Å². The normalized spacial score (nSPS) is 8.50. The summed E-state index contributed by atoms with van der Waals surface area (Å²) >= 11 is 5.61. The molecule has 0 N–H and O–H groups in total. The molecule has 1 rings (SSSR count). The molecule has 60 valence electrons. The van der Waals surface area contributed by atoms with Gasteiger partial charge in [-0.15, -0.1) is 0 Å². The van der Waals surface area contributed by atoms with E-state index in [0.29, 0.717) is 10.8 Å². The molecule has 0 amide bonds. The van der Waals surface area contributed by atoms with E-state index in [-0.39, 0.29) is 57.4 Å². The number of ether oxygens (including phenoxy) is 1. The minimum atomic E-state index is -0.327. The molecule has 0 saturated carbocycles. The van der Waals surface area contributed by atoms with Gasteiger partial charge in [-0.25, -0.2) is 0 Å². The summed E-state index contributed by atoms with van der Waals surface area (Å²) in [6.45, 7) is 1.36. The zero-order chi connectivity index (χ0) is 8.27. The topological polar surface area (TPSA) is 26.3 Å². The molecule has 0 heterocycles. The van der Waals surface area contributed by atoms with Crippen LogP contribution in [0.2, 0.25) is 5.02 Å². The average molecular weight is 211 g/mol. The minimum absolute atomic E-state index is 0. The molecule has 0 bridgehead atoms. The van der Waals surface area contributed by atoms with Gasteiger partial charge in [0.25, 0.3) is 0 Å². The predicted molar refractivity (Wildman–Crippen MR) is 49.9 cm³/mol. The summed E-state index contributed by atoms with van der Waals surface area (Å²) in [7, 11) is 0. The van der Waals surface area contributed by atoms with Crippen LogP contribution in [0.15, 0.2) is 24.3 Å². The summed E-state index contributed by atoms with van der Waals surface area (Å²) in [6, 6.07) is 6.62. The van der Waals surface area contributed by atoms with Crippen LogP contribution in [0.1, 0.15) is 6.92 Å². The Kier molecular flexibility index (Phi) is 6.44. The molecule has 0 unspecified atom stereocenters. The van der Waals surface area contributed by atoms with Crippen molar-refractivity contribution in [3.05, 3.63) is 29.3 Å². The van der Waals surface area contributed by atoms with Gasteiger partial charge in [0.2, 0.25) is 0 Å². The fraction of sp³-hybridized carbons (Fsp3) is 0.125. The molecule has 0 fully saturated rings. The van der Waals surface area contributed by atoms with Gasteiger partial charge in [0.1, 0.15) is 5.75 Å². The van der Waals surface area contributed by atoms with E-state index in [1.54, 1.807) is 24.3 Å². The van der Waals surface area contributed by atoms with Gasteiger partial charge >= 0.3 is 57.4 Å². The molecule has 0 aliphatic heterocycles. The van der Waals surface area contributed by atoms with Crippen molar-refractivity contribution in [2.45, 2.75) is 6.92 Å². The molecule has 0 aliphatic carbocycles. The average Bonchev–Trinajstić information content (AvgIpc) is 1.93. The number of carbonyl (C=O) groups excluding carboxylic acids is 1. The van der Waals surface area contributed by atoms with E-state index in [9.17, 15) is 4.79 Å². The van der Waals surface area contributed by atoms with Gasteiger partial charge in [-0.1, -0.05) is 11.6 Å². The van der Waals surface area contributed by atoms with Crippen LogP contribution in [-0.2, 0) is 4.79 Å². The first-order valence-electron chi connectivity index (χ1n) is 3.12. The molecule has 12 heavy (non-hydrogen) atoms. The van der Waals surface area contributed by atoms with E-state index >= 15 is 0 Å². The molecule has 2 nitrogen and oxygen atoms in total. The number of esters is 1. The predicted octanol–water partition coefficient (Wildman–Crippen LogP) is 1.62. The standard InChI is InChI=1S/C8H7ClO2.K.H/c1-6(10)11-8-4-2-7(9)3-5-8;;/h2-5H,1H3;;. The van der Waals surface area contributed by atoms with Crippen LogP contribution in [0, 0.1) is 0 Å². The van der Waals surface area contributed by atoms with Crippen molar-refractivity contribution in [1.29, 1.82) is 0 Å². The first-order chi connectivity index (χ1) is 5.18. The summed E-state index contributed by atoms with van der Waals surface area (Å²) in [5.74, 6) is 0.189. The Hall–Kier alpha value is 0.616. The van der Waals surface area contributed by atoms with Gasteiger partial charge in [0.05, 0.1) is 0 Å². The van der Waals surface area contributed by atoms with Crippen molar-refractivity contribution in [1.82, 2.24) is 0 Å². The van der Waals surface area contributed by atoms with E-state index in [1.165, 1.54) is 6.92 Å². The fourth-order valence-electron chi connectivity index (χ4n) is 0.669. The van der Waals surface area contributed by atoms with Crippen molar-refractivity contribution >= 4 is 69.0 Å². The molecule has 0 spiro atoms. The van der Waals surface area contributed by atoms with Crippen molar-refractivity contribution in [3.8, 4) is 5.75 Å². The van der Waals surface area contributed by atoms with E-state index < -0.39 is 0 Å². The Labute approximate surface area is 119 Å². The van der Waals surface area contributed by atoms with Crippen LogP contribution in [0.25, 0.3) is 0 Å². The van der Waals surface area contributed by atoms with Crippen LogP contribution < -0.4 is 4.74 Å². The van der Waals surface area contributed by atoms with E-state index in [2.05, 4.69) is 0 Å². The Morgan fingerprint density at radius 3 is 2.25 bits per heavy atom. The SMILES string of the molecule is CC(=O)Oc1ccc(Cl)cc1.[KH]. The zero-order valence-electron chi connectivity index (χ0n) is 6.00. The van der Waals surface area contributed by atoms with Gasteiger partial charge in [-0.3, -0.25) is 4.79 Å². The Morgan fingerprint density at radius 2 is 1.83 bits per heavy atom. The molecular formula is C8H8ClKO2. The van der Waals surface area contributed by atoms with Gasteiger partial charge in [0.15, 0.2) is 0 Å². The van der Waals surface area contributed by atoms with Crippen LogP contribution in [-0.4, -0.2) is 57.4 Å². The second-order valence-electron chi connectivity index (χ2n) is 2.05. The van der Waals surface area contributed by atoms with E-state index in [4.69, 9.17) is 16.3 Å². The molecule has 1 aromatic rings. The number of hydrogen-bond acceptors (Lipinski definition) is 2. The van der Waals surface area contributed by atoms with Crippen molar-refractivity contribution in [3.63, 3.8) is 0 Å². The molecule has 1 aromatic carbocycles. The summed E-state index contributed by atoms with van der Waals surface area (Å²) in [5.41, 5.74) is 0. The molecular weight excluding hydrogens is 203 g/mol. The van der Waals surface area contributed by atoms with Crippen LogP contribution in [0.5, 0.6) is 5.75 Å². The van der Waals surface area contributed by atoms with Crippen LogP contribution >= 0.6 is 11.6 Å². The number of rotatable bonds is 1. The third-order valence-electron chi connectivity index (χ3n) is 1.08. The number of benzene rings is 1. The molecule has 0 aliphatic rings. The quantitative estimate of drug-likeness (QED) is 0.400. The molecule has 4 heteroatoms. The number of halogens is 1. The maximum absolute atomic E-state index is 10.4. The molecule has 0 radical (unpaired) electrons. The molecule has 0 atom stereocenters. The Morgan fingerprint density at radius 1 is 1.33 bits per heavy atom. The van der Waals surface area contributed by atoms with Crippen molar-refractivity contribution < 1.29 is 9.53 Å². The third-order valence-corrected chi connectivity index (χ3v) is 1.33. The van der Waals surface area contributed by atoms with Crippen molar-refractivity contribution in [2.24, 2.45) is 0 Å². The second kappa shape index (κ2) is 6.13. The summed E-state index contributed by atoms with van der Waals surface area (Å²) in [5, 5.41) is 0.626. The summed E-state index contributed by atoms with van der Waals surface area (Å²) < 4.78 is 4.77. The van der Waals surface area contributed by atoms with Crippen LogP contribution in [0.4, 0.5) is 0 Å². The maximum atomic E-state index is 10.4. The van der Waals surface area contributed by atoms with Crippen molar-refractivity contribution in [2.75, 3.05) is 0 Å². The molecule has 0 aromatic heterocycles. The fourth-order valence-corrected chi connectivity index (χ4v) is 0.795. The Balaban J connectivity index is 0.00000121. The number of carbonyl (C=O) groups is 1. The first-order valence-corrected chi connectivity index (χ1v) is 3.50. The van der Waals surface area contributed by atoms with Gasteiger partial charge < -0.3 is 4.74 Å². The third kappa shape index (κ3) is 4.60. The van der Waals surface area contributed by atoms with Gasteiger partial charge in [-0.2, -0.15) is 0 Å². The number of hydrogen-bond donors (Lipinski definition) is 0. The van der Waals surface area contributed by atoms with E-state index in [1.807, 2.05) is 0 Å². The zero-order valence-corrected chi connectivity index (χ0v) is 6.76. The summed E-state index contributed by atoms with van der Waals surface area (Å²) in [4.78, 5) is 10.4. The molecule has 0 saturated heterocycles. The monoisotopic (exact) mass is 210 g/mol. The second-order valence-corrected chi connectivity index (χ2v) is 2.48. The first kappa shape index (κ1) is 12.6. The van der Waals surface area contributed by atoms with Gasteiger partial charge in [0, 0.05) is 11.9 Å². The Bertz CT molecular complexity index is 258.